The van der Waals surface area contributed by atoms with Crippen molar-refractivity contribution >= 4 is 33.3 Å². The fourth-order valence-corrected chi connectivity index (χ4v) is 6.71. The minimum Gasteiger partial charge on any atom is -0.380 e. The number of aromatic nitrogens is 2. The zero-order chi connectivity index (χ0) is 26.5. The monoisotopic (exact) mass is 539 g/mol. The van der Waals surface area contributed by atoms with Crippen LogP contribution in [0.15, 0.2) is 30.6 Å². The van der Waals surface area contributed by atoms with Gasteiger partial charge in [-0.3, -0.25) is 4.79 Å². The summed E-state index contributed by atoms with van der Waals surface area (Å²) < 4.78 is 20.4. The Bertz CT molecular complexity index is 1230. The fraction of sp³-hybridized carbons (Fsp3) is 0.552. The molecule has 2 fully saturated rings. The van der Waals surface area contributed by atoms with Gasteiger partial charge in [0, 0.05) is 42.7 Å². The quantitative estimate of drug-likeness (QED) is 0.370. The Labute approximate surface area is 228 Å². The molecule has 1 amide bonds. The van der Waals surface area contributed by atoms with Crippen molar-refractivity contribution < 1.29 is 13.9 Å². The maximum Gasteiger partial charge on any atom is 0.225 e. The molecular weight excluding hydrogens is 501 g/mol. The lowest BCUT2D eigenvalue weighted by Crippen LogP contribution is -2.36. The van der Waals surface area contributed by atoms with E-state index >= 15 is 0 Å². The number of hydrogen-bond donors (Lipinski definition) is 1. The number of nitrogens with zero attached hydrogens (tertiary/aromatic N) is 4. The van der Waals surface area contributed by atoms with Crippen molar-refractivity contribution in [3.8, 4) is 11.1 Å². The van der Waals surface area contributed by atoms with Crippen LogP contribution in [-0.2, 0) is 16.0 Å². The number of anilines is 1. The first-order valence-electron chi connectivity index (χ1n) is 13.8. The molecule has 0 atom stereocenters. The maximum absolute atomic E-state index is 14.3. The van der Waals surface area contributed by atoms with Crippen LogP contribution in [-0.4, -0.2) is 72.8 Å². The average molecular weight is 540 g/mol. The Morgan fingerprint density at radius 2 is 1.97 bits per heavy atom. The average Bonchev–Trinajstić information content (AvgIpc) is 3.54. The smallest absolute Gasteiger partial charge is 0.225 e. The van der Waals surface area contributed by atoms with Gasteiger partial charge in [0.2, 0.25) is 5.91 Å². The van der Waals surface area contributed by atoms with E-state index in [0.29, 0.717) is 5.92 Å². The molecular formula is C29H38FN5O2S. The first-order chi connectivity index (χ1) is 18.5. The molecule has 204 valence electrons. The number of thiophene rings is 1. The summed E-state index contributed by atoms with van der Waals surface area (Å²) >= 11 is 1.50. The van der Waals surface area contributed by atoms with Gasteiger partial charge >= 0.3 is 0 Å². The molecule has 7 nitrogen and oxygen atoms in total. The van der Waals surface area contributed by atoms with E-state index in [4.69, 9.17) is 9.72 Å². The molecule has 0 bridgehead atoms. The van der Waals surface area contributed by atoms with Crippen LogP contribution in [0.2, 0.25) is 0 Å². The van der Waals surface area contributed by atoms with Gasteiger partial charge in [-0.15, -0.1) is 11.3 Å². The number of likely N-dealkylation sites (tertiary alicyclic amines) is 1. The summed E-state index contributed by atoms with van der Waals surface area (Å²) in [5.74, 6) is 1.06. The third-order valence-electron chi connectivity index (χ3n) is 7.44. The molecule has 2 saturated heterocycles. The van der Waals surface area contributed by atoms with Crippen LogP contribution >= 0.6 is 11.3 Å². The summed E-state index contributed by atoms with van der Waals surface area (Å²) in [6, 6.07) is 6.64. The number of hydrogen-bond acceptors (Lipinski definition) is 7. The first kappa shape index (κ1) is 27.0. The highest BCUT2D eigenvalue weighted by atomic mass is 32.1. The van der Waals surface area contributed by atoms with Crippen molar-refractivity contribution in [2.24, 2.45) is 5.92 Å². The summed E-state index contributed by atoms with van der Waals surface area (Å²) in [4.78, 5) is 28.5. The highest BCUT2D eigenvalue weighted by Gasteiger charge is 2.26. The lowest BCUT2D eigenvalue weighted by Gasteiger charge is -2.33. The molecule has 1 N–H and O–H groups in total. The minimum absolute atomic E-state index is 0.0512. The molecule has 0 unspecified atom stereocenters. The zero-order valence-electron chi connectivity index (χ0n) is 22.4. The second-order valence-corrected chi connectivity index (χ2v) is 11.8. The molecule has 0 saturated carbocycles. The number of nitrogens with one attached hydrogen (secondary N) is 1. The normalized spacial score (nSPS) is 17.1. The van der Waals surface area contributed by atoms with E-state index in [0.717, 1.165) is 77.7 Å². The molecule has 0 aliphatic carbocycles. The van der Waals surface area contributed by atoms with Gasteiger partial charge in [0.15, 0.2) is 0 Å². The Morgan fingerprint density at radius 1 is 1.18 bits per heavy atom. The summed E-state index contributed by atoms with van der Waals surface area (Å²) in [5, 5.41) is 3.89. The van der Waals surface area contributed by atoms with Crippen molar-refractivity contribution in [1.29, 1.82) is 0 Å². The second-order valence-electron chi connectivity index (χ2n) is 10.7. The maximum atomic E-state index is 14.3. The van der Waals surface area contributed by atoms with Gasteiger partial charge in [0.05, 0.1) is 18.4 Å². The number of benzene rings is 1. The fourth-order valence-electron chi connectivity index (χ4n) is 5.56. The standard InChI is InChI=1S/C29H38FN5O2S/c1-20(2)33-25(36)17-24-26(22-6-5-7-23(30)16-22)27-28(31-19-32-29(27)38-24)35-12-8-21(9-13-35)18-37-15-14-34-10-3-4-11-34/h5-7,16,19-21H,3-4,8-15,17-18H2,1-2H3,(H,33,36). The zero-order valence-corrected chi connectivity index (χ0v) is 23.2. The number of carbonyl (C=O) groups is 1. The molecule has 4 heterocycles. The van der Waals surface area contributed by atoms with Crippen LogP contribution in [0.5, 0.6) is 0 Å². The topological polar surface area (TPSA) is 70.6 Å². The minimum atomic E-state index is -0.302. The van der Waals surface area contributed by atoms with Gasteiger partial charge < -0.3 is 19.9 Å². The Hall–Kier alpha value is -2.62. The molecule has 2 aliphatic rings. The van der Waals surface area contributed by atoms with Gasteiger partial charge in [-0.1, -0.05) is 12.1 Å². The van der Waals surface area contributed by atoms with Gasteiger partial charge in [0.25, 0.3) is 0 Å². The van der Waals surface area contributed by atoms with Gasteiger partial charge in [-0.2, -0.15) is 0 Å². The second kappa shape index (κ2) is 12.5. The van der Waals surface area contributed by atoms with Gasteiger partial charge in [-0.05, 0) is 76.2 Å². The van der Waals surface area contributed by atoms with Crippen LogP contribution in [0.4, 0.5) is 10.2 Å². The molecule has 38 heavy (non-hydrogen) atoms. The molecule has 2 aromatic heterocycles. The summed E-state index contributed by atoms with van der Waals surface area (Å²) in [5.41, 5.74) is 1.62. The third kappa shape index (κ3) is 6.50. The molecule has 9 heteroatoms. The van der Waals surface area contributed by atoms with Crippen LogP contribution in [0, 0.1) is 11.7 Å². The molecule has 1 aromatic carbocycles. The van der Waals surface area contributed by atoms with Crippen molar-refractivity contribution in [2.45, 2.75) is 52.0 Å². The lowest BCUT2D eigenvalue weighted by molar-refractivity contribution is -0.120. The first-order valence-corrected chi connectivity index (χ1v) is 14.7. The number of amides is 1. The summed E-state index contributed by atoms with van der Waals surface area (Å²) in [6.07, 6.45) is 6.53. The van der Waals surface area contributed by atoms with E-state index in [2.05, 4.69) is 20.1 Å². The third-order valence-corrected chi connectivity index (χ3v) is 8.54. The molecule has 3 aromatic rings. The summed E-state index contributed by atoms with van der Waals surface area (Å²) in [7, 11) is 0. The molecule has 5 rings (SSSR count). The van der Waals surface area contributed by atoms with Crippen LogP contribution < -0.4 is 10.2 Å². The predicted octanol–water partition coefficient (Wildman–Crippen LogP) is 4.89. The Kier molecular flexibility index (Phi) is 8.86. The van der Waals surface area contributed by atoms with Crippen molar-refractivity contribution in [2.75, 3.05) is 50.8 Å². The van der Waals surface area contributed by atoms with Crippen LogP contribution in [0.3, 0.4) is 0 Å². The highest BCUT2D eigenvalue weighted by Crippen LogP contribution is 2.43. The van der Waals surface area contributed by atoms with Crippen molar-refractivity contribution in [1.82, 2.24) is 20.2 Å². The number of fused-ring (bicyclic) bond motifs is 1. The van der Waals surface area contributed by atoms with E-state index < -0.39 is 0 Å². The number of halogens is 1. The van der Waals surface area contributed by atoms with E-state index in [9.17, 15) is 9.18 Å². The van der Waals surface area contributed by atoms with E-state index in [-0.39, 0.29) is 24.2 Å². The lowest BCUT2D eigenvalue weighted by atomic mass is 9.96. The van der Waals surface area contributed by atoms with Crippen LogP contribution in [0.1, 0.15) is 44.4 Å². The van der Waals surface area contributed by atoms with Crippen molar-refractivity contribution in [3.63, 3.8) is 0 Å². The van der Waals surface area contributed by atoms with E-state index in [1.54, 1.807) is 12.4 Å². The highest BCUT2D eigenvalue weighted by molar-refractivity contribution is 7.19. The Balaban J connectivity index is 1.34. The van der Waals surface area contributed by atoms with E-state index in [1.807, 2.05) is 19.9 Å². The number of rotatable bonds is 10. The number of carbonyl (C=O) groups excluding carboxylic acids is 1. The molecule has 2 aliphatic heterocycles. The number of piperidine rings is 1. The number of ether oxygens (including phenoxy) is 1. The largest absolute Gasteiger partial charge is 0.380 e. The molecule has 0 radical (unpaired) electrons. The Morgan fingerprint density at radius 3 is 2.71 bits per heavy atom. The predicted molar refractivity (Wildman–Crippen MR) is 151 cm³/mol. The van der Waals surface area contributed by atoms with E-state index in [1.165, 1.54) is 49.4 Å². The van der Waals surface area contributed by atoms with Gasteiger partial charge in [-0.25, -0.2) is 14.4 Å². The summed E-state index contributed by atoms with van der Waals surface area (Å²) in [6.45, 7) is 10.7. The molecule has 0 spiro atoms. The van der Waals surface area contributed by atoms with Gasteiger partial charge in [0.1, 0.15) is 22.8 Å². The van der Waals surface area contributed by atoms with Crippen LogP contribution in [0.25, 0.3) is 21.3 Å². The SMILES string of the molecule is CC(C)NC(=O)Cc1sc2ncnc(N3CCC(COCCN4CCCC4)CC3)c2c1-c1cccc(F)c1. The van der Waals surface area contributed by atoms with Crippen molar-refractivity contribution in [3.05, 3.63) is 41.3 Å².